The largest absolute Gasteiger partial charge is 0.788 e. The summed E-state index contributed by atoms with van der Waals surface area (Å²) in [7, 11) is 0. The van der Waals surface area contributed by atoms with Gasteiger partial charge in [-0.25, -0.2) is 0 Å². The molecule has 12 heavy (non-hydrogen) atoms. The summed E-state index contributed by atoms with van der Waals surface area (Å²) >= 11 is 4.98. The number of hydrogen-bond donors (Lipinski definition) is 0. The monoisotopic (exact) mass is 173 g/mol. The molecule has 0 saturated heterocycles. The fourth-order valence-electron chi connectivity index (χ4n) is 1.33. The average Bonchev–Trinajstić information content (AvgIpc) is 2.17. The fraction of sp³-hybridized carbons (Fsp3) is 0.0909. The molecule has 0 heterocycles. The first-order chi connectivity index (χ1) is 5.90. The van der Waals surface area contributed by atoms with Crippen molar-refractivity contribution in [3.63, 3.8) is 0 Å². The van der Waals surface area contributed by atoms with Gasteiger partial charge in [0.2, 0.25) is 0 Å². The van der Waals surface area contributed by atoms with Crippen molar-refractivity contribution in [2.45, 2.75) is 5.75 Å². The van der Waals surface area contributed by atoms with Crippen LogP contribution in [0.3, 0.4) is 0 Å². The molecular weight excluding hydrogens is 164 g/mol. The van der Waals surface area contributed by atoms with Crippen LogP contribution < -0.4 is 0 Å². The molecule has 0 aliphatic rings. The quantitative estimate of drug-likeness (QED) is 0.597. The number of hydrogen-bond acceptors (Lipinski definition) is 1. The maximum absolute atomic E-state index is 4.98. The third kappa shape index (κ3) is 1.32. The minimum Gasteiger partial charge on any atom is -0.788 e. The van der Waals surface area contributed by atoms with Gasteiger partial charge in [0, 0.05) is 0 Å². The highest BCUT2D eigenvalue weighted by Crippen LogP contribution is 2.15. The first kappa shape index (κ1) is 7.69. The molecule has 60 valence electrons. The maximum atomic E-state index is 4.98. The summed E-state index contributed by atoms with van der Waals surface area (Å²) in [5.41, 5.74) is 1.23. The summed E-state index contributed by atoms with van der Waals surface area (Å²) in [6, 6.07) is 14.7. The van der Waals surface area contributed by atoms with Crippen LogP contribution in [0.25, 0.3) is 10.8 Å². The molecule has 0 spiro atoms. The van der Waals surface area contributed by atoms with Crippen LogP contribution in [0.15, 0.2) is 42.5 Å². The summed E-state index contributed by atoms with van der Waals surface area (Å²) in [4.78, 5) is 0. The molecule has 2 aromatic rings. The molecule has 0 nitrogen and oxygen atoms in total. The van der Waals surface area contributed by atoms with Crippen molar-refractivity contribution in [3.8, 4) is 0 Å². The summed E-state index contributed by atoms with van der Waals surface area (Å²) in [6.45, 7) is 0. The second-order valence-corrected chi connectivity index (χ2v) is 3.11. The lowest BCUT2D eigenvalue weighted by Crippen LogP contribution is -1.79. The SMILES string of the molecule is [S-]Cc1ccc2ccccc2c1. The minimum absolute atomic E-state index is 0.699. The van der Waals surface area contributed by atoms with Crippen molar-refractivity contribution in [3.05, 3.63) is 48.0 Å². The molecule has 0 fully saturated rings. The van der Waals surface area contributed by atoms with E-state index in [4.69, 9.17) is 12.6 Å². The average molecular weight is 173 g/mol. The van der Waals surface area contributed by atoms with Gasteiger partial charge in [-0.05, 0) is 10.8 Å². The molecule has 0 aromatic heterocycles. The van der Waals surface area contributed by atoms with Crippen LogP contribution in [0.2, 0.25) is 0 Å². The zero-order valence-electron chi connectivity index (χ0n) is 6.66. The van der Waals surface area contributed by atoms with Gasteiger partial charge in [-0.15, -0.1) is 0 Å². The van der Waals surface area contributed by atoms with E-state index < -0.39 is 0 Å². The first-order valence-electron chi connectivity index (χ1n) is 3.96. The minimum atomic E-state index is 0.699. The Kier molecular flexibility index (Phi) is 2.05. The molecule has 0 unspecified atom stereocenters. The predicted octanol–water partition coefficient (Wildman–Crippen LogP) is 2.89. The molecule has 0 saturated carbocycles. The Morgan fingerprint density at radius 1 is 0.917 bits per heavy atom. The van der Waals surface area contributed by atoms with Crippen molar-refractivity contribution < 1.29 is 0 Å². The lowest BCUT2D eigenvalue weighted by atomic mass is 10.1. The molecule has 0 bridgehead atoms. The Morgan fingerprint density at radius 2 is 1.67 bits per heavy atom. The van der Waals surface area contributed by atoms with Gasteiger partial charge in [0.1, 0.15) is 0 Å². The summed E-state index contributed by atoms with van der Waals surface area (Å²) < 4.78 is 0. The van der Waals surface area contributed by atoms with Crippen LogP contribution in [-0.4, -0.2) is 0 Å². The molecule has 0 radical (unpaired) electrons. The Bertz CT molecular complexity index is 393. The molecule has 0 aliphatic carbocycles. The number of benzene rings is 2. The Balaban J connectivity index is 2.67. The summed E-state index contributed by atoms with van der Waals surface area (Å²) in [6.07, 6.45) is 0. The topological polar surface area (TPSA) is 0 Å². The van der Waals surface area contributed by atoms with Gasteiger partial charge in [0.05, 0.1) is 0 Å². The highest BCUT2D eigenvalue weighted by atomic mass is 32.1. The van der Waals surface area contributed by atoms with E-state index in [1.807, 2.05) is 0 Å². The third-order valence-corrected chi connectivity index (χ3v) is 2.31. The number of rotatable bonds is 1. The molecular formula is C11H9S-. The van der Waals surface area contributed by atoms with Gasteiger partial charge in [0.15, 0.2) is 0 Å². The van der Waals surface area contributed by atoms with Crippen LogP contribution in [0.5, 0.6) is 0 Å². The van der Waals surface area contributed by atoms with E-state index >= 15 is 0 Å². The molecule has 0 N–H and O–H groups in total. The van der Waals surface area contributed by atoms with Gasteiger partial charge in [0.25, 0.3) is 0 Å². The van der Waals surface area contributed by atoms with Crippen molar-refractivity contribution in [1.82, 2.24) is 0 Å². The van der Waals surface area contributed by atoms with Crippen LogP contribution in [0, 0.1) is 0 Å². The Hall–Kier alpha value is -0.950. The highest BCUT2D eigenvalue weighted by molar-refractivity contribution is 7.57. The molecule has 0 amide bonds. The van der Waals surface area contributed by atoms with E-state index in [0.717, 1.165) is 0 Å². The summed E-state index contributed by atoms with van der Waals surface area (Å²) in [5, 5.41) is 2.56. The van der Waals surface area contributed by atoms with E-state index in [2.05, 4.69) is 42.5 Å². The first-order valence-corrected chi connectivity index (χ1v) is 4.53. The predicted molar refractivity (Wildman–Crippen MR) is 55.0 cm³/mol. The number of fused-ring (bicyclic) bond motifs is 1. The van der Waals surface area contributed by atoms with Gasteiger partial charge in [-0.2, -0.15) is 5.75 Å². The van der Waals surface area contributed by atoms with Gasteiger partial charge in [-0.3, -0.25) is 0 Å². The van der Waals surface area contributed by atoms with Crippen molar-refractivity contribution >= 4 is 23.4 Å². The van der Waals surface area contributed by atoms with Crippen LogP contribution >= 0.6 is 0 Å². The lowest BCUT2D eigenvalue weighted by molar-refractivity contribution is 1.45. The van der Waals surface area contributed by atoms with Gasteiger partial charge >= 0.3 is 0 Å². The Labute approximate surface area is 77.6 Å². The smallest absolute Gasteiger partial charge is 0.0182 e. The molecule has 0 atom stereocenters. The van der Waals surface area contributed by atoms with E-state index in [-0.39, 0.29) is 0 Å². The lowest BCUT2D eigenvalue weighted by Gasteiger charge is -2.05. The van der Waals surface area contributed by atoms with Crippen molar-refractivity contribution in [2.75, 3.05) is 0 Å². The van der Waals surface area contributed by atoms with Gasteiger partial charge < -0.3 is 12.6 Å². The van der Waals surface area contributed by atoms with Crippen molar-refractivity contribution in [2.24, 2.45) is 0 Å². The fourth-order valence-corrected chi connectivity index (χ4v) is 1.51. The van der Waals surface area contributed by atoms with Gasteiger partial charge in [-0.1, -0.05) is 48.0 Å². The molecule has 2 rings (SSSR count). The maximum Gasteiger partial charge on any atom is -0.0182 e. The van der Waals surface area contributed by atoms with Crippen LogP contribution in [0.1, 0.15) is 5.56 Å². The van der Waals surface area contributed by atoms with E-state index in [1.54, 1.807) is 0 Å². The zero-order valence-corrected chi connectivity index (χ0v) is 7.47. The second kappa shape index (κ2) is 3.20. The second-order valence-electron chi connectivity index (χ2n) is 2.83. The zero-order chi connectivity index (χ0) is 8.39. The Morgan fingerprint density at radius 3 is 2.42 bits per heavy atom. The molecule has 0 aliphatic heterocycles. The molecule has 2 aromatic carbocycles. The van der Waals surface area contributed by atoms with E-state index in [0.29, 0.717) is 5.75 Å². The van der Waals surface area contributed by atoms with Crippen molar-refractivity contribution in [1.29, 1.82) is 0 Å². The van der Waals surface area contributed by atoms with E-state index in [1.165, 1.54) is 16.3 Å². The molecule has 1 heteroatoms. The highest BCUT2D eigenvalue weighted by Gasteiger charge is 1.90. The van der Waals surface area contributed by atoms with Crippen LogP contribution in [-0.2, 0) is 18.4 Å². The van der Waals surface area contributed by atoms with Crippen LogP contribution in [0.4, 0.5) is 0 Å². The van der Waals surface area contributed by atoms with E-state index in [9.17, 15) is 0 Å². The normalized spacial score (nSPS) is 10.4. The summed E-state index contributed by atoms with van der Waals surface area (Å²) in [5.74, 6) is 0.699. The standard InChI is InChI=1S/C11H10S/c12-8-9-5-6-10-3-1-2-4-11(10)7-9/h1-7,12H,8H2/p-1. The third-order valence-electron chi connectivity index (χ3n) is 1.98.